The second-order valence-corrected chi connectivity index (χ2v) is 5.88. The fourth-order valence-corrected chi connectivity index (χ4v) is 3.17. The SMILES string of the molecule is CCCCN(C(C)CC)C1CCC(NC)(C(=O)O)C1. The summed E-state index contributed by atoms with van der Waals surface area (Å²) in [5.41, 5.74) is -0.706. The number of hydrogen-bond donors (Lipinski definition) is 2. The van der Waals surface area contributed by atoms with E-state index in [-0.39, 0.29) is 0 Å². The van der Waals surface area contributed by atoms with Crippen molar-refractivity contribution in [1.82, 2.24) is 10.2 Å². The van der Waals surface area contributed by atoms with E-state index in [2.05, 4.69) is 31.0 Å². The first-order valence-corrected chi connectivity index (χ1v) is 7.68. The average molecular weight is 270 g/mol. The molecular formula is C15H30N2O2. The van der Waals surface area contributed by atoms with Crippen LogP contribution in [0.3, 0.4) is 0 Å². The Labute approximate surface area is 117 Å². The summed E-state index contributed by atoms with van der Waals surface area (Å²) in [5, 5.41) is 12.5. The molecule has 1 aliphatic rings. The van der Waals surface area contributed by atoms with Crippen molar-refractivity contribution in [3.8, 4) is 0 Å². The van der Waals surface area contributed by atoms with Gasteiger partial charge >= 0.3 is 5.97 Å². The minimum Gasteiger partial charge on any atom is -0.480 e. The van der Waals surface area contributed by atoms with Crippen molar-refractivity contribution in [2.24, 2.45) is 0 Å². The zero-order valence-electron chi connectivity index (χ0n) is 12.9. The van der Waals surface area contributed by atoms with Gasteiger partial charge in [-0.25, -0.2) is 0 Å². The second kappa shape index (κ2) is 7.25. The maximum Gasteiger partial charge on any atom is 0.323 e. The molecule has 4 heteroatoms. The van der Waals surface area contributed by atoms with Gasteiger partial charge in [-0.15, -0.1) is 0 Å². The Bertz CT molecular complexity index is 296. The molecule has 4 nitrogen and oxygen atoms in total. The van der Waals surface area contributed by atoms with Gasteiger partial charge in [0, 0.05) is 12.1 Å². The number of hydrogen-bond acceptors (Lipinski definition) is 3. The summed E-state index contributed by atoms with van der Waals surface area (Å²) < 4.78 is 0. The number of carbonyl (C=O) groups is 1. The molecule has 0 radical (unpaired) electrons. The highest BCUT2D eigenvalue weighted by Gasteiger charge is 2.46. The van der Waals surface area contributed by atoms with Gasteiger partial charge < -0.3 is 10.4 Å². The Kier molecular flexibility index (Phi) is 6.27. The molecule has 0 bridgehead atoms. The molecule has 1 fully saturated rings. The lowest BCUT2D eigenvalue weighted by atomic mass is 9.97. The van der Waals surface area contributed by atoms with Crippen LogP contribution in [0, 0.1) is 0 Å². The fraction of sp³-hybridized carbons (Fsp3) is 0.933. The summed E-state index contributed by atoms with van der Waals surface area (Å²) in [4.78, 5) is 14.0. The first-order valence-electron chi connectivity index (χ1n) is 7.68. The molecule has 3 unspecified atom stereocenters. The summed E-state index contributed by atoms with van der Waals surface area (Å²) in [6, 6.07) is 0.947. The summed E-state index contributed by atoms with van der Waals surface area (Å²) >= 11 is 0. The summed E-state index contributed by atoms with van der Waals surface area (Å²) in [6.07, 6.45) is 5.96. The zero-order valence-corrected chi connectivity index (χ0v) is 12.9. The van der Waals surface area contributed by atoms with Crippen LogP contribution in [0.15, 0.2) is 0 Å². The van der Waals surface area contributed by atoms with Crippen LogP contribution in [-0.4, -0.2) is 47.2 Å². The molecule has 3 atom stereocenters. The molecule has 0 spiro atoms. The molecular weight excluding hydrogens is 240 g/mol. The van der Waals surface area contributed by atoms with E-state index in [0.29, 0.717) is 12.1 Å². The van der Waals surface area contributed by atoms with Crippen LogP contribution >= 0.6 is 0 Å². The van der Waals surface area contributed by atoms with Gasteiger partial charge in [-0.3, -0.25) is 9.69 Å². The Morgan fingerprint density at radius 1 is 1.53 bits per heavy atom. The van der Waals surface area contributed by atoms with Crippen LogP contribution in [0.2, 0.25) is 0 Å². The molecule has 0 aromatic rings. The molecule has 1 saturated carbocycles. The zero-order chi connectivity index (χ0) is 14.5. The van der Waals surface area contributed by atoms with Crippen LogP contribution in [-0.2, 0) is 4.79 Å². The average Bonchev–Trinajstić information content (AvgIpc) is 2.84. The van der Waals surface area contributed by atoms with Crippen molar-refractivity contribution in [1.29, 1.82) is 0 Å². The normalized spacial score (nSPS) is 28.8. The van der Waals surface area contributed by atoms with Crippen molar-refractivity contribution < 1.29 is 9.90 Å². The van der Waals surface area contributed by atoms with E-state index in [1.54, 1.807) is 7.05 Å². The smallest absolute Gasteiger partial charge is 0.323 e. The second-order valence-electron chi connectivity index (χ2n) is 5.88. The number of carboxylic acids is 1. The Morgan fingerprint density at radius 2 is 2.21 bits per heavy atom. The summed E-state index contributed by atoms with van der Waals surface area (Å²) in [7, 11) is 1.77. The molecule has 2 N–H and O–H groups in total. The standard InChI is InChI=1S/C15H30N2O2/c1-5-7-10-17(12(3)6-2)13-8-9-15(11-13,16-4)14(18)19/h12-13,16H,5-11H2,1-4H3,(H,18,19). The van der Waals surface area contributed by atoms with E-state index in [1.165, 1.54) is 12.8 Å². The van der Waals surface area contributed by atoms with Gasteiger partial charge in [0.15, 0.2) is 0 Å². The Hall–Kier alpha value is -0.610. The van der Waals surface area contributed by atoms with E-state index in [1.807, 2.05) is 0 Å². The lowest BCUT2D eigenvalue weighted by molar-refractivity contribution is -0.144. The minimum atomic E-state index is -0.706. The number of unbranched alkanes of at least 4 members (excludes halogenated alkanes) is 1. The number of rotatable bonds is 8. The van der Waals surface area contributed by atoms with E-state index in [0.717, 1.165) is 32.2 Å². The van der Waals surface area contributed by atoms with Crippen molar-refractivity contribution in [3.63, 3.8) is 0 Å². The predicted octanol–water partition coefficient (Wildman–Crippen LogP) is 2.48. The van der Waals surface area contributed by atoms with Crippen LogP contribution in [0.1, 0.15) is 59.3 Å². The number of nitrogens with zero attached hydrogens (tertiary/aromatic N) is 1. The van der Waals surface area contributed by atoms with E-state index < -0.39 is 11.5 Å². The molecule has 1 aliphatic carbocycles. The quantitative estimate of drug-likeness (QED) is 0.711. The van der Waals surface area contributed by atoms with Gasteiger partial charge in [0.05, 0.1) is 0 Å². The van der Waals surface area contributed by atoms with Crippen molar-refractivity contribution in [3.05, 3.63) is 0 Å². The van der Waals surface area contributed by atoms with Gasteiger partial charge in [0.25, 0.3) is 0 Å². The number of carboxylic acid groups (broad SMARTS) is 1. The van der Waals surface area contributed by atoms with Gasteiger partial charge in [-0.05, 0) is 52.6 Å². The van der Waals surface area contributed by atoms with Gasteiger partial charge in [0.2, 0.25) is 0 Å². The molecule has 1 rings (SSSR count). The Balaban J connectivity index is 2.74. The lowest BCUT2D eigenvalue weighted by Crippen LogP contribution is -2.50. The Morgan fingerprint density at radius 3 is 2.63 bits per heavy atom. The largest absolute Gasteiger partial charge is 0.480 e. The highest BCUT2D eigenvalue weighted by molar-refractivity contribution is 5.79. The highest BCUT2D eigenvalue weighted by Crippen LogP contribution is 2.34. The maximum atomic E-state index is 11.5. The molecule has 0 aromatic heterocycles. The third kappa shape index (κ3) is 3.69. The maximum absolute atomic E-state index is 11.5. The number of aliphatic carboxylic acids is 1. The van der Waals surface area contributed by atoms with Crippen LogP contribution < -0.4 is 5.32 Å². The van der Waals surface area contributed by atoms with E-state index in [9.17, 15) is 9.90 Å². The molecule has 0 amide bonds. The molecule has 0 heterocycles. The monoisotopic (exact) mass is 270 g/mol. The van der Waals surface area contributed by atoms with Gasteiger partial charge in [-0.2, -0.15) is 0 Å². The van der Waals surface area contributed by atoms with Crippen LogP contribution in [0.4, 0.5) is 0 Å². The summed E-state index contributed by atoms with van der Waals surface area (Å²) in [6.45, 7) is 7.77. The third-order valence-electron chi connectivity index (χ3n) is 4.77. The fourth-order valence-electron chi connectivity index (χ4n) is 3.17. The molecule has 112 valence electrons. The van der Waals surface area contributed by atoms with E-state index >= 15 is 0 Å². The van der Waals surface area contributed by atoms with Gasteiger partial charge in [0.1, 0.15) is 5.54 Å². The molecule has 19 heavy (non-hydrogen) atoms. The summed E-state index contributed by atoms with van der Waals surface area (Å²) in [5.74, 6) is -0.697. The lowest BCUT2D eigenvalue weighted by Gasteiger charge is -2.35. The molecule has 0 aliphatic heterocycles. The highest BCUT2D eigenvalue weighted by atomic mass is 16.4. The molecule has 0 saturated heterocycles. The topological polar surface area (TPSA) is 52.6 Å². The van der Waals surface area contributed by atoms with Crippen molar-refractivity contribution >= 4 is 5.97 Å². The molecule has 0 aromatic carbocycles. The first-order chi connectivity index (χ1) is 9.00. The van der Waals surface area contributed by atoms with E-state index in [4.69, 9.17) is 0 Å². The van der Waals surface area contributed by atoms with Crippen molar-refractivity contribution in [2.45, 2.75) is 76.9 Å². The third-order valence-corrected chi connectivity index (χ3v) is 4.77. The minimum absolute atomic E-state index is 0.407. The predicted molar refractivity (Wildman–Crippen MR) is 78.4 cm³/mol. The van der Waals surface area contributed by atoms with Crippen molar-refractivity contribution in [2.75, 3.05) is 13.6 Å². The first kappa shape index (κ1) is 16.4. The van der Waals surface area contributed by atoms with Gasteiger partial charge in [-0.1, -0.05) is 20.3 Å². The number of likely N-dealkylation sites (N-methyl/N-ethyl adjacent to an activating group) is 1. The number of nitrogens with one attached hydrogen (secondary N) is 1. The van der Waals surface area contributed by atoms with Crippen LogP contribution in [0.5, 0.6) is 0 Å². The van der Waals surface area contributed by atoms with Crippen LogP contribution in [0.25, 0.3) is 0 Å².